The third-order valence-corrected chi connectivity index (χ3v) is 4.62. The Labute approximate surface area is 202 Å². The van der Waals surface area contributed by atoms with Gasteiger partial charge in [0.2, 0.25) is 5.78 Å². The van der Waals surface area contributed by atoms with Gasteiger partial charge >= 0.3 is 24.2 Å². The van der Waals surface area contributed by atoms with E-state index in [9.17, 15) is 19.2 Å². The molecule has 0 spiro atoms. The van der Waals surface area contributed by atoms with Gasteiger partial charge in [0, 0.05) is 26.1 Å². The summed E-state index contributed by atoms with van der Waals surface area (Å²) in [6.45, 7) is 3.22. The maximum absolute atomic E-state index is 12.3. The molecule has 1 aliphatic rings. The lowest BCUT2D eigenvalue weighted by Gasteiger charge is -2.18. The summed E-state index contributed by atoms with van der Waals surface area (Å²) >= 11 is 0. The Morgan fingerprint density at radius 1 is 1.20 bits per heavy atom. The number of allylic oxidation sites excluding steroid dienone is 1. The highest BCUT2D eigenvalue weighted by molar-refractivity contribution is 6.25. The summed E-state index contributed by atoms with van der Waals surface area (Å²) in [4.78, 5) is 53.0. The van der Waals surface area contributed by atoms with E-state index in [1.807, 2.05) is 19.3 Å². The van der Waals surface area contributed by atoms with Crippen LogP contribution in [0.1, 0.15) is 38.7 Å². The first kappa shape index (κ1) is 27.0. The second-order valence-corrected chi connectivity index (χ2v) is 7.96. The zero-order valence-electron chi connectivity index (χ0n) is 19.9. The number of Topliss-reactive ketones (excluding diaryl/α,β-unsaturated/α-hetero) is 1. The van der Waals surface area contributed by atoms with Gasteiger partial charge in [0.1, 0.15) is 18.4 Å². The summed E-state index contributed by atoms with van der Waals surface area (Å²) in [7, 11) is 1.82. The van der Waals surface area contributed by atoms with Crippen molar-refractivity contribution in [3.8, 4) is 5.75 Å². The average Bonchev–Trinajstić information content (AvgIpc) is 2.81. The number of hydrogen-bond donors (Lipinski definition) is 2. The van der Waals surface area contributed by atoms with Gasteiger partial charge in [-0.1, -0.05) is 18.2 Å². The van der Waals surface area contributed by atoms with Crippen molar-refractivity contribution in [2.24, 2.45) is 0 Å². The molecule has 1 atom stereocenters. The van der Waals surface area contributed by atoms with Gasteiger partial charge in [0.25, 0.3) is 0 Å². The van der Waals surface area contributed by atoms with Gasteiger partial charge in [0.05, 0.1) is 22.0 Å². The van der Waals surface area contributed by atoms with Gasteiger partial charge in [-0.15, -0.1) is 0 Å². The summed E-state index contributed by atoms with van der Waals surface area (Å²) in [6, 6.07) is 5.35. The molecule has 1 aliphatic heterocycles. The maximum atomic E-state index is 12.3. The van der Waals surface area contributed by atoms with Crippen molar-refractivity contribution in [3.05, 3.63) is 53.9 Å². The van der Waals surface area contributed by atoms with E-state index in [2.05, 4.69) is 10.1 Å². The number of carbonyl (C=O) groups excluding carboxylic acids is 4. The van der Waals surface area contributed by atoms with Crippen LogP contribution in [0.5, 0.6) is 5.75 Å². The quantitative estimate of drug-likeness (QED) is 0.160. The molecule has 0 saturated carbocycles. The van der Waals surface area contributed by atoms with Gasteiger partial charge in [-0.25, -0.2) is 14.4 Å². The van der Waals surface area contributed by atoms with Crippen LogP contribution < -0.4 is 10.1 Å². The smallest absolute Gasteiger partial charge is 0.408 e. The topological polar surface area (TPSA) is 149 Å². The van der Waals surface area contributed by atoms with Gasteiger partial charge in [-0.3, -0.25) is 4.79 Å². The van der Waals surface area contributed by atoms with Crippen LogP contribution >= 0.6 is 0 Å². The standard InChI is InChI=1S/C24H28N4O7/c1-16(2)34-23(31)21(11-8-19(29)13-26-25)27-24(32)33-15-17-6-9-20(10-7-17)35-22(30)18-5-4-12-28(3)14-18/h4,6-7,9-10,12-14,16,21,25H,5,8,11,15H2,1-3H3/p+1/t21-/m0/s1. The van der Waals surface area contributed by atoms with Crippen LogP contribution in [0.4, 0.5) is 4.79 Å². The molecular weight excluding hydrogens is 456 g/mol. The molecule has 0 unspecified atom stereocenters. The molecule has 2 N–H and O–H groups in total. The third kappa shape index (κ3) is 9.65. The van der Waals surface area contributed by atoms with E-state index in [0.717, 1.165) is 6.21 Å². The molecule has 2 rings (SSSR count). The molecule has 0 saturated heterocycles. The Balaban J connectivity index is 1.88. The Morgan fingerprint density at radius 2 is 1.91 bits per heavy atom. The number of ether oxygens (including phenoxy) is 3. The monoisotopic (exact) mass is 485 g/mol. The summed E-state index contributed by atoms with van der Waals surface area (Å²) in [5.41, 5.74) is 7.84. The van der Waals surface area contributed by atoms with Crippen LogP contribution in [0.15, 0.2) is 48.3 Å². The summed E-state index contributed by atoms with van der Waals surface area (Å²) in [6.07, 6.45) is 5.31. The van der Waals surface area contributed by atoms with Crippen LogP contribution in [-0.4, -0.2) is 58.9 Å². The molecule has 35 heavy (non-hydrogen) atoms. The lowest BCUT2D eigenvalue weighted by molar-refractivity contribution is -0.150. The van der Waals surface area contributed by atoms with Crippen molar-refractivity contribution in [1.82, 2.24) is 10.2 Å². The van der Waals surface area contributed by atoms with Crippen molar-refractivity contribution in [3.63, 3.8) is 0 Å². The predicted octanol–water partition coefficient (Wildman–Crippen LogP) is 2.53. The lowest BCUT2D eigenvalue weighted by Crippen LogP contribution is -2.43. The highest BCUT2D eigenvalue weighted by Gasteiger charge is 2.25. The minimum atomic E-state index is -1.10. The SMILES string of the molecule is CC(C)OC(=O)[C@H](CCC(=O)C=[N+]=N)NC(=O)OCc1ccc(OC(=O)C2=CN(C)C=CC2)cc1. The number of esters is 2. The molecule has 11 nitrogen and oxygen atoms in total. The van der Waals surface area contributed by atoms with Crippen molar-refractivity contribution < 1.29 is 38.2 Å². The molecule has 0 bridgehead atoms. The number of carbonyl (C=O) groups is 4. The fraction of sp³-hybridized carbons (Fsp3) is 0.375. The van der Waals surface area contributed by atoms with Crippen LogP contribution in [0.25, 0.3) is 0 Å². The molecule has 11 heteroatoms. The third-order valence-electron chi connectivity index (χ3n) is 4.62. The Morgan fingerprint density at radius 3 is 2.54 bits per heavy atom. The van der Waals surface area contributed by atoms with Crippen molar-refractivity contribution in [1.29, 1.82) is 5.53 Å². The van der Waals surface area contributed by atoms with Crippen LogP contribution in [0.2, 0.25) is 0 Å². The van der Waals surface area contributed by atoms with Crippen LogP contribution in [0.3, 0.4) is 0 Å². The van der Waals surface area contributed by atoms with Crippen molar-refractivity contribution >= 4 is 30.0 Å². The highest BCUT2D eigenvalue weighted by atomic mass is 16.6. The number of hydrogen-bond acceptors (Lipinski definition) is 9. The van der Waals surface area contributed by atoms with E-state index in [1.165, 1.54) is 0 Å². The summed E-state index contributed by atoms with van der Waals surface area (Å²) in [5.74, 6) is -1.26. The minimum Gasteiger partial charge on any atom is -0.461 e. The van der Waals surface area contributed by atoms with Gasteiger partial charge < -0.3 is 24.4 Å². The number of alkyl carbamates (subject to hydrolysis) is 1. The van der Waals surface area contributed by atoms with E-state index >= 15 is 0 Å². The zero-order chi connectivity index (χ0) is 25.8. The second-order valence-electron chi connectivity index (χ2n) is 7.96. The largest absolute Gasteiger partial charge is 0.461 e. The van der Waals surface area contributed by atoms with Gasteiger partial charge in [-0.2, -0.15) is 0 Å². The number of nitrogens with one attached hydrogen (secondary N) is 2. The Kier molecular flexibility index (Phi) is 10.4. The predicted molar refractivity (Wildman–Crippen MR) is 123 cm³/mol. The van der Waals surface area contributed by atoms with Crippen LogP contribution in [0, 0.1) is 5.53 Å². The minimum absolute atomic E-state index is 0.0341. The number of ketones is 1. The van der Waals surface area contributed by atoms with Gasteiger partial charge in [-0.05, 0) is 44.2 Å². The normalized spacial score (nSPS) is 13.3. The maximum Gasteiger partial charge on any atom is 0.408 e. The molecule has 0 radical (unpaired) electrons. The molecule has 1 heterocycles. The van der Waals surface area contributed by atoms with E-state index < -0.39 is 36.0 Å². The Bertz CT molecular complexity index is 1040. The van der Waals surface area contributed by atoms with E-state index in [0.29, 0.717) is 23.3 Å². The summed E-state index contributed by atoms with van der Waals surface area (Å²) < 4.78 is 15.7. The number of benzene rings is 1. The molecular formula is C24H29N4O7+. The number of amides is 1. The van der Waals surface area contributed by atoms with E-state index in [1.54, 1.807) is 49.2 Å². The second kappa shape index (κ2) is 13.5. The Hall–Kier alpha value is -4.24. The molecule has 1 aromatic carbocycles. The van der Waals surface area contributed by atoms with Crippen molar-refractivity contribution in [2.75, 3.05) is 7.05 Å². The fourth-order valence-electron chi connectivity index (χ4n) is 2.97. The van der Waals surface area contributed by atoms with Crippen LogP contribution in [-0.2, 0) is 30.5 Å². The molecule has 1 aromatic rings. The zero-order valence-corrected chi connectivity index (χ0v) is 19.9. The molecule has 0 aliphatic carbocycles. The molecule has 186 valence electrons. The summed E-state index contributed by atoms with van der Waals surface area (Å²) in [5, 5.41) is 2.40. The highest BCUT2D eigenvalue weighted by Crippen LogP contribution is 2.18. The average molecular weight is 486 g/mol. The van der Waals surface area contributed by atoms with E-state index in [4.69, 9.17) is 19.7 Å². The molecule has 0 fully saturated rings. The number of rotatable bonds is 11. The lowest BCUT2D eigenvalue weighted by atomic mass is 10.1. The van der Waals surface area contributed by atoms with Crippen molar-refractivity contribution in [2.45, 2.75) is 51.9 Å². The van der Waals surface area contributed by atoms with Gasteiger partial charge in [0.15, 0.2) is 0 Å². The van der Waals surface area contributed by atoms with E-state index in [-0.39, 0.29) is 19.4 Å². The molecule has 0 aromatic heterocycles. The first-order valence-corrected chi connectivity index (χ1v) is 10.9. The first-order valence-electron chi connectivity index (χ1n) is 10.9. The number of nitrogens with zero attached hydrogens (tertiary/aromatic N) is 2. The first-order chi connectivity index (χ1) is 16.7. The molecule has 1 amide bonds. The fourth-order valence-corrected chi connectivity index (χ4v) is 2.97.